The topological polar surface area (TPSA) is 129 Å². The van der Waals surface area contributed by atoms with Crippen LogP contribution >= 0.6 is 0 Å². The third-order valence-electron chi connectivity index (χ3n) is 7.24. The summed E-state index contributed by atoms with van der Waals surface area (Å²) in [6.45, 7) is 3.55. The van der Waals surface area contributed by atoms with Crippen LogP contribution in [0.2, 0.25) is 0 Å². The maximum absolute atomic E-state index is 13.3. The molecule has 2 atom stereocenters. The summed E-state index contributed by atoms with van der Waals surface area (Å²) >= 11 is 0. The van der Waals surface area contributed by atoms with Gasteiger partial charge in [0.1, 0.15) is 11.5 Å². The van der Waals surface area contributed by atoms with Gasteiger partial charge in [-0.1, -0.05) is 24.3 Å². The lowest BCUT2D eigenvalue weighted by Crippen LogP contribution is -2.57. The maximum atomic E-state index is 13.3. The average molecular weight is 510 g/mol. The largest absolute Gasteiger partial charge is 0.463 e. The first kappa shape index (κ1) is 24.8. The summed E-state index contributed by atoms with van der Waals surface area (Å²) < 4.78 is 11.7. The molecule has 196 valence electrons. The van der Waals surface area contributed by atoms with Gasteiger partial charge >= 0.3 is 12.1 Å². The number of nitrogens with zero attached hydrogens (tertiary/aromatic N) is 2. The van der Waals surface area contributed by atoms with Crippen LogP contribution in [-0.4, -0.2) is 85.2 Å². The van der Waals surface area contributed by atoms with Gasteiger partial charge in [0.25, 0.3) is 11.8 Å². The van der Waals surface area contributed by atoms with Gasteiger partial charge in [0.05, 0.1) is 12.6 Å². The van der Waals surface area contributed by atoms with Crippen molar-refractivity contribution in [2.45, 2.75) is 37.8 Å². The molecule has 4 heterocycles. The van der Waals surface area contributed by atoms with Crippen molar-refractivity contribution in [1.29, 1.82) is 0 Å². The first-order valence-corrected chi connectivity index (χ1v) is 12.5. The molecule has 0 aromatic carbocycles. The molecule has 0 spiro atoms. The Morgan fingerprint density at radius 1 is 1.22 bits per heavy atom. The lowest BCUT2D eigenvalue weighted by molar-refractivity contribution is -0.129. The third kappa shape index (κ3) is 4.55. The highest BCUT2D eigenvalue weighted by atomic mass is 16.5. The van der Waals surface area contributed by atoms with Crippen molar-refractivity contribution in [3.63, 3.8) is 0 Å². The molecule has 5 aliphatic rings. The zero-order valence-corrected chi connectivity index (χ0v) is 21.0. The number of allylic oxidation sites excluding steroid dienone is 1. The van der Waals surface area contributed by atoms with E-state index < -0.39 is 17.5 Å². The Kier molecular flexibility index (Phi) is 6.63. The average Bonchev–Trinajstić information content (AvgIpc) is 3.13. The number of nitrogens with one attached hydrogen (secondary N) is 3. The van der Waals surface area contributed by atoms with Gasteiger partial charge in [0, 0.05) is 45.3 Å². The minimum Gasteiger partial charge on any atom is -0.463 e. The van der Waals surface area contributed by atoms with Crippen molar-refractivity contribution in [1.82, 2.24) is 25.8 Å². The highest BCUT2D eigenvalue weighted by Gasteiger charge is 2.54. The van der Waals surface area contributed by atoms with E-state index in [0.29, 0.717) is 62.5 Å². The fourth-order valence-corrected chi connectivity index (χ4v) is 5.29. The van der Waals surface area contributed by atoms with Crippen LogP contribution in [0.1, 0.15) is 26.2 Å². The smallest absolute Gasteiger partial charge is 0.322 e. The summed E-state index contributed by atoms with van der Waals surface area (Å²) in [6.07, 6.45) is 10.6. The lowest BCUT2D eigenvalue weighted by atomic mass is 9.94. The van der Waals surface area contributed by atoms with Crippen LogP contribution in [0.5, 0.6) is 0 Å². The van der Waals surface area contributed by atoms with Crippen LogP contribution in [0.4, 0.5) is 9.59 Å². The van der Waals surface area contributed by atoms with Crippen LogP contribution in [0, 0.1) is 0 Å². The highest BCUT2D eigenvalue weighted by Crippen LogP contribution is 2.35. The molecule has 0 saturated carbocycles. The molecule has 5 rings (SSSR count). The molecule has 0 aromatic heterocycles. The molecule has 0 aromatic rings. The molecule has 1 fully saturated rings. The summed E-state index contributed by atoms with van der Waals surface area (Å²) in [6, 6.07) is -0.756. The van der Waals surface area contributed by atoms with Gasteiger partial charge in [-0.25, -0.2) is 9.59 Å². The SMILES string of the molecule is CCNC(=O)N1CCC2=C(CCC=C([C@]3(CN4CC5=C(C=CC(OC)C=C5)C4=O)NC(=O)NC3=O)O2)C1. The Morgan fingerprint density at radius 3 is 2.76 bits per heavy atom. The molecule has 0 bridgehead atoms. The zero-order valence-electron chi connectivity index (χ0n) is 21.0. The van der Waals surface area contributed by atoms with E-state index in [1.165, 1.54) is 0 Å². The van der Waals surface area contributed by atoms with E-state index in [-0.39, 0.29) is 24.6 Å². The van der Waals surface area contributed by atoms with Crippen LogP contribution < -0.4 is 16.0 Å². The van der Waals surface area contributed by atoms with E-state index in [0.717, 1.165) is 11.1 Å². The molecule has 1 aliphatic carbocycles. The minimum atomic E-state index is -1.56. The van der Waals surface area contributed by atoms with Crippen LogP contribution in [0.25, 0.3) is 0 Å². The summed E-state index contributed by atoms with van der Waals surface area (Å²) in [5.41, 5.74) is 0.782. The van der Waals surface area contributed by atoms with Crippen LogP contribution in [0.3, 0.4) is 0 Å². The Bertz CT molecular complexity index is 1200. The van der Waals surface area contributed by atoms with Gasteiger partial charge in [-0.2, -0.15) is 0 Å². The lowest BCUT2D eigenvalue weighted by Gasteiger charge is -2.34. The molecule has 11 heteroatoms. The summed E-state index contributed by atoms with van der Waals surface area (Å²) in [7, 11) is 1.60. The van der Waals surface area contributed by atoms with Gasteiger partial charge in [0.2, 0.25) is 0 Å². The van der Waals surface area contributed by atoms with Crippen LogP contribution in [-0.2, 0) is 19.1 Å². The first-order chi connectivity index (χ1) is 17.8. The quantitative estimate of drug-likeness (QED) is 0.478. The van der Waals surface area contributed by atoms with E-state index in [4.69, 9.17) is 9.47 Å². The summed E-state index contributed by atoms with van der Waals surface area (Å²) in [4.78, 5) is 54.5. The Hall–Kier alpha value is -3.86. The van der Waals surface area contributed by atoms with Gasteiger partial charge in [-0.3, -0.25) is 14.9 Å². The predicted molar refractivity (Wildman–Crippen MR) is 133 cm³/mol. The second kappa shape index (κ2) is 9.89. The van der Waals surface area contributed by atoms with Crippen LogP contribution in [0.15, 0.2) is 58.6 Å². The molecule has 3 N–H and O–H groups in total. The fourth-order valence-electron chi connectivity index (χ4n) is 5.29. The maximum Gasteiger partial charge on any atom is 0.322 e. The molecule has 0 radical (unpaired) electrons. The van der Waals surface area contributed by atoms with E-state index in [9.17, 15) is 19.2 Å². The van der Waals surface area contributed by atoms with Crippen molar-refractivity contribution < 1.29 is 28.7 Å². The van der Waals surface area contributed by atoms with Crippen molar-refractivity contribution in [2.75, 3.05) is 39.8 Å². The molecular formula is C26H31N5O6. The fraction of sp³-hybridized carbons (Fsp3) is 0.462. The molecular weight excluding hydrogens is 478 g/mol. The molecule has 4 aliphatic heterocycles. The van der Waals surface area contributed by atoms with Crippen molar-refractivity contribution in [2.24, 2.45) is 0 Å². The van der Waals surface area contributed by atoms with E-state index in [2.05, 4.69) is 16.0 Å². The predicted octanol–water partition coefficient (Wildman–Crippen LogP) is 1.23. The monoisotopic (exact) mass is 509 g/mol. The number of imide groups is 1. The molecule has 6 amide bonds. The first-order valence-electron chi connectivity index (χ1n) is 12.5. The standard InChI is InChI=1S/C26H31N5O6/c1-3-27-25(35)30-12-11-20-17(14-30)5-4-6-21(37-20)26(23(33)28-24(34)29-26)15-31-13-16-7-8-18(36-2)9-10-19(16)22(31)32/h6-10,18H,3-5,11-15H2,1-2H3,(H,27,35)(H2,28,29,33,34)/t18?,26-/m0/s1. The molecule has 11 nitrogen and oxygen atoms in total. The van der Waals surface area contributed by atoms with Crippen molar-refractivity contribution in [3.8, 4) is 0 Å². The van der Waals surface area contributed by atoms with E-state index in [1.807, 2.05) is 25.2 Å². The van der Waals surface area contributed by atoms with Gasteiger partial charge in [0.15, 0.2) is 5.54 Å². The Morgan fingerprint density at radius 2 is 2.03 bits per heavy atom. The molecule has 1 saturated heterocycles. The number of carbonyl (C=O) groups is 4. The number of ether oxygens (including phenoxy) is 2. The minimum absolute atomic E-state index is 0.0781. The number of carbonyl (C=O) groups excluding carboxylic acids is 4. The summed E-state index contributed by atoms with van der Waals surface area (Å²) in [5.74, 6) is 0.210. The summed E-state index contributed by atoms with van der Waals surface area (Å²) in [5, 5.41) is 7.90. The second-order valence-electron chi connectivity index (χ2n) is 9.58. The molecule has 1 unspecified atom stereocenters. The number of urea groups is 2. The Balaban J connectivity index is 1.38. The zero-order chi connectivity index (χ0) is 26.2. The van der Waals surface area contributed by atoms with Gasteiger partial charge < -0.3 is 29.9 Å². The van der Waals surface area contributed by atoms with Crippen molar-refractivity contribution in [3.05, 3.63) is 58.6 Å². The highest BCUT2D eigenvalue weighted by molar-refractivity contribution is 6.10. The molecule has 37 heavy (non-hydrogen) atoms. The number of hydrogen-bond donors (Lipinski definition) is 3. The van der Waals surface area contributed by atoms with Gasteiger partial charge in [-0.15, -0.1) is 0 Å². The Labute approximate surface area is 214 Å². The third-order valence-corrected chi connectivity index (χ3v) is 7.24. The van der Waals surface area contributed by atoms with Gasteiger partial charge in [-0.05, 0) is 37.0 Å². The van der Waals surface area contributed by atoms with E-state index in [1.54, 1.807) is 29.1 Å². The van der Waals surface area contributed by atoms with Crippen molar-refractivity contribution >= 4 is 23.9 Å². The number of amides is 6. The van der Waals surface area contributed by atoms with E-state index >= 15 is 0 Å². The second-order valence-corrected chi connectivity index (χ2v) is 9.58. The normalized spacial score (nSPS) is 27.2. The number of hydrogen-bond acceptors (Lipinski definition) is 6. The number of methoxy groups -OCH3 is 1. The number of rotatable bonds is 5.